The molecular formula is C18H16FN7OS2. The van der Waals surface area contributed by atoms with Crippen molar-refractivity contribution in [2.45, 2.75) is 25.8 Å². The number of nitrogens with one attached hydrogen (secondary N) is 1. The lowest BCUT2D eigenvalue weighted by Gasteiger charge is -2.09. The molecule has 11 heteroatoms. The number of hydrogen-bond acceptors (Lipinski definition) is 8. The Morgan fingerprint density at radius 3 is 2.86 bits per heavy atom. The predicted molar refractivity (Wildman–Crippen MR) is 110 cm³/mol. The van der Waals surface area contributed by atoms with Crippen molar-refractivity contribution in [2.75, 3.05) is 11.1 Å². The van der Waals surface area contributed by atoms with Gasteiger partial charge in [0.15, 0.2) is 5.82 Å². The fourth-order valence-corrected chi connectivity index (χ4v) is 4.71. The number of fused-ring (bicyclic) bond motifs is 1. The molecule has 3 aromatic heterocycles. The number of aryl methyl sites for hydroxylation is 3. The molecule has 0 saturated heterocycles. The van der Waals surface area contributed by atoms with Gasteiger partial charge in [-0.05, 0) is 55.0 Å². The molecule has 0 radical (unpaired) electrons. The Labute approximate surface area is 173 Å². The van der Waals surface area contributed by atoms with Crippen LogP contribution < -0.4 is 5.32 Å². The average molecular weight is 430 g/mol. The van der Waals surface area contributed by atoms with Crippen LogP contribution in [0.25, 0.3) is 15.9 Å². The molecule has 148 valence electrons. The number of rotatable bonds is 5. The lowest BCUT2D eigenvalue weighted by molar-refractivity contribution is -0.113. The minimum atomic E-state index is -0.536. The van der Waals surface area contributed by atoms with Crippen molar-refractivity contribution in [3.63, 3.8) is 0 Å². The third-order valence-corrected chi connectivity index (χ3v) is 6.47. The Morgan fingerprint density at radius 1 is 1.28 bits per heavy atom. The Hall–Kier alpha value is -2.92. The van der Waals surface area contributed by atoms with Crippen molar-refractivity contribution >= 4 is 44.9 Å². The van der Waals surface area contributed by atoms with E-state index in [4.69, 9.17) is 0 Å². The van der Waals surface area contributed by atoms with E-state index in [9.17, 15) is 9.18 Å². The molecule has 0 aliphatic rings. The number of halogens is 1. The monoisotopic (exact) mass is 429 g/mol. The maximum atomic E-state index is 14.2. The first-order chi connectivity index (χ1) is 13.9. The minimum Gasteiger partial charge on any atom is -0.323 e. The van der Waals surface area contributed by atoms with Gasteiger partial charge in [-0.3, -0.25) is 4.79 Å². The summed E-state index contributed by atoms with van der Waals surface area (Å²) in [5.41, 5.74) is 1.74. The van der Waals surface area contributed by atoms with E-state index in [0.717, 1.165) is 20.8 Å². The topological polar surface area (TPSA) is 98.5 Å². The van der Waals surface area contributed by atoms with Gasteiger partial charge in [0, 0.05) is 10.3 Å². The quantitative estimate of drug-likeness (QED) is 0.383. The summed E-state index contributed by atoms with van der Waals surface area (Å²) in [6.07, 6.45) is 1.50. The van der Waals surface area contributed by atoms with Gasteiger partial charge in [-0.25, -0.2) is 14.4 Å². The number of anilines is 1. The number of carbonyl (C=O) groups excluding carboxylic acids is 1. The Bertz CT molecular complexity index is 1220. The first kappa shape index (κ1) is 19.4. The Morgan fingerprint density at radius 2 is 2.10 bits per heavy atom. The summed E-state index contributed by atoms with van der Waals surface area (Å²) in [5.74, 6) is -0.227. The summed E-state index contributed by atoms with van der Waals surface area (Å²) in [4.78, 5) is 23.1. The summed E-state index contributed by atoms with van der Waals surface area (Å²) >= 11 is 2.90. The van der Waals surface area contributed by atoms with Gasteiger partial charge < -0.3 is 5.32 Å². The maximum absolute atomic E-state index is 14.2. The highest BCUT2D eigenvalue weighted by Gasteiger charge is 2.15. The Balaban J connectivity index is 1.50. The summed E-state index contributed by atoms with van der Waals surface area (Å²) in [7, 11) is 0. The first-order valence-electron chi connectivity index (χ1n) is 8.62. The largest absolute Gasteiger partial charge is 0.323 e. The second-order valence-electron chi connectivity index (χ2n) is 6.28. The van der Waals surface area contributed by atoms with Crippen LogP contribution in [-0.4, -0.2) is 41.8 Å². The molecule has 0 spiro atoms. The number of benzene rings is 1. The fourth-order valence-electron chi connectivity index (χ4n) is 2.79. The zero-order chi connectivity index (χ0) is 20.5. The minimum absolute atomic E-state index is 0.0680. The van der Waals surface area contributed by atoms with Crippen molar-refractivity contribution in [1.29, 1.82) is 0 Å². The van der Waals surface area contributed by atoms with E-state index in [2.05, 4.69) is 30.8 Å². The molecule has 0 aliphatic carbocycles. The molecule has 4 rings (SSSR count). The smallest absolute Gasteiger partial charge is 0.234 e. The highest BCUT2D eigenvalue weighted by molar-refractivity contribution is 8.00. The number of carbonyl (C=O) groups is 1. The van der Waals surface area contributed by atoms with Gasteiger partial charge in [-0.1, -0.05) is 11.8 Å². The third-order valence-electron chi connectivity index (χ3n) is 4.36. The van der Waals surface area contributed by atoms with E-state index in [1.807, 2.05) is 13.8 Å². The van der Waals surface area contributed by atoms with Gasteiger partial charge in [0.1, 0.15) is 22.0 Å². The van der Waals surface area contributed by atoms with Gasteiger partial charge >= 0.3 is 0 Å². The zero-order valence-corrected chi connectivity index (χ0v) is 17.4. The summed E-state index contributed by atoms with van der Waals surface area (Å²) in [6.45, 7) is 5.78. The summed E-state index contributed by atoms with van der Waals surface area (Å²) in [6, 6.07) is 4.31. The molecule has 29 heavy (non-hydrogen) atoms. The lowest BCUT2D eigenvalue weighted by Crippen LogP contribution is -2.15. The van der Waals surface area contributed by atoms with Gasteiger partial charge in [-0.15, -0.1) is 16.4 Å². The van der Waals surface area contributed by atoms with Gasteiger partial charge in [0.2, 0.25) is 5.91 Å². The van der Waals surface area contributed by atoms with E-state index in [0.29, 0.717) is 11.5 Å². The zero-order valence-electron chi connectivity index (χ0n) is 15.8. The predicted octanol–water partition coefficient (Wildman–Crippen LogP) is 3.46. The van der Waals surface area contributed by atoms with Crippen LogP contribution in [0.15, 0.2) is 29.6 Å². The van der Waals surface area contributed by atoms with E-state index < -0.39 is 5.82 Å². The van der Waals surface area contributed by atoms with Crippen LogP contribution in [0.1, 0.15) is 16.3 Å². The van der Waals surface area contributed by atoms with E-state index >= 15 is 0 Å². The molecule has 0 saturated carbocycles. The molecular weight excluding hydrogens is 413 g/mol. The molecule has 0 fully saturated rings. The van der Waals surface area contributed by atoms with Crippen LogP contribution in [0.4, 0.5) is 10.1 Å². The second-order valence-corrected chi connectivity index (χ2v) is 8.45. The van der Waals surface area contributed by atoms with Gasteiger partial charge in [0.05, 0.1) is 17.1 Å². The lowest BCUT2D eigenvalue weighted by atomic mass is 10.2. The molecule has 0 aliphatic heterocycles. The molecule has 4 aromatic rings. The normalized spacial score (nSPS) is 11.2. The van der Waals surface area contributed by atoms with Crippen molar-refractivity contribution in [2.24, 2.45) is 0 Å². The number of aromatic nitrogens is 6. The van der Waals surface area contributed by atoms with Crippen LogP contribution in [0.3, 0.4) is 0 Å². The van der Waals surface area contributed by atoms with Crippen molar-refractivity contribution in [3.05, 3.63) is 46.6 Å². The summed E-state index contributed by atoms with van der Waals surface area (Å²) in [5, 5.41) is 15.6. The van der Waals surface area contributed by atoms with Gasteiger partial charge in [0.25, 0.3) is 0 Å². The van der Waals surface area contributed by atoms with Gasteiger partial charge in [-0.2, -0.15) is 4.68 Å². The number of tetrazole rings is 1. The fraction of sp³-hybridized carbons (Fsp3) is 0.222. The van der Waals surface area contributed by atoms with E-state index in [1.165, 1.54) is 39.8 Å². The number of thioether (sulfide) groups is 1. The number of nitrogens with zero attached hydrogens (tertiary/aromatic N) is 6. The third kappa shape index (κ3) is 3.83. The number of hydrogen-bond donors (Lipinski definition) is 1. The molecule has 0 atom stereocenters. The van der Waals surface area contributed by atoms with Crippen LogP contribution in [0.2, 0.25) is 0 Å². The SMILES string of the molecule is Cc1sc2ncnc(SCC(=O)Nc3cc(-n4nnnc4C)ccc3F)c2c1C. The van der Waals surface area contributed by atoms with Crippen molar-refractivity contribution in [1.82, 2.24) is 30.2 Å². The maximum Gasteiger partial charge on any atom is 0.234 e. The standard InChI is InChI=1S/C18H16FN7OS2/c1-9-10(2)29-18-16(9)17(20-8-21-18)28-7-15(27)22-14-6-12(4-5-13(14)19)26-11(3)23-24-25-26/h4-6,8H,7H2,1-3H3,(H,22,27). The molecule has 1 N–H and O–H groups in total. The Kier molecular flexibility index (Phi) is 5.24. The molecule has 1 aromatic carbocycles. The van der Waals surface area contributed by atoms with Crippen molar-refractivity contribution < 1.29 is 9.18 Å². The van der Waals surface area contributed by atoms with Crippen LogP contribution in [-0.2, 0) is 4.79 Å². The number of thiophene rings is 1. The van der Waals surface area contributed by atoms with Crippen LogP contribution in [0.5, 0.6) is 0 Å². The average Bonchev–Trinajstić information content (AvgIpc) is 3.25. The summed E-state index contributed by atoms with van der Waals surface area (Å²) < 4.78 is 15.7. The van der Waals surface area contributed by atoms with Crippen molar-refractivity contribution in [3.8, 4) is 5.69 Å². The molecule has 0 unspecified atom stereocenters. The molecule has 1 amide bonds. The molecule has 3 heterocycles. The molecule has 0 bridgehead atoms. The first-order valence-corrected chi connectivity index (χ1v) is 10.4. The second kappa shape index (κ2) is 7.84. The number of amides is 1. The van der Waals surface area contributed by atoms with E-state index in [1.54, 1.807) is 24.3 Å². The molecule has 8 nitrogen and oxygen atoms in total. The van der Waals surface area contributed by atoms with E-state index in [-0.39, 0.29) is 17.3 Å². The highest BCUT2D eigenvalue weighted by Crippen LogP contribution is 2.34. The van der Waals surface area contributed by atoms with Crippen LogP contribution >= 0.6 is 23.1 Å². The highest BCUT2D eigenvalue weighted by atomic mass is 32.2. The van der Waals surface area contributed by atoms with Crippen LogP contribution in [0, 0.1) is 26.6 Å².